The van der Waals surface area contributed by atoms with Crippen LogP contribution in [0.15, 0.2) is 30.3 Å². The first-order valence-corrected chi connectivity index (χ1v) is 7.03. The molecule has 1 aliphatic heterocycles. The minimum Gasteiger partial charge on any atom is -0.277 e. The number of benzene rings is 1. The Morgan fingerprint density at radius 3 is 2.63 bits per heavy atom. The number of amides is 2. The van der Waals surface area contributed by atoms with Gasteiger partial charge in [-0.1, -0.05) is 43.2 Å². The Labute approximate surface area is 113 Å². The third kappa shape index (κ3) is 1.88. The molecule has 0 N–H and O–H groups in total. The van der Waals surface area contributed by atoms with E-state index in [0.29, 0.717) is 6.54 Å². The number of rotatable bonds is 2. The molecule has 3 nitrogen and oxygen atoms in total. The van der Waals surface area contributed by atoms with Crippen molar-refractivity contribution >= 4 is 11.8 Å². The van der Waals surface area contributed by atoms with E-state index in [1.807, 2.05) is 37.3 Å². The van der Waals surface area contributed by atoms with Crippen LogP contribution in [0.1, 0.15) is 38.2 Å². The van der Waals surface area contributed by atoms with Gasteiger partial charge in [-0.05, 0) is 25.3 Å². The number of carbonyl (C=O) groups is 2. The van der Waals surface area contributed by atoms with Crippen molar-refractivity contribution in [1.29, 1.82) is 0 Å². The van der Waals surface area contributed by atoms with Gasteiger partial charge in [0.15, 0.2) is 0 Å². The van der Waals surface area contributed by atoms with Crippen molar-refractivity contribution in [3.8, 4) is 0 Å². The van der Waals surface area contributed by atoms with Crippen LogP contribution in [0, 0.1) is 11.3 Å². The third-order valence-electron chi connectivity index (χ3n) is 4.69. The highest BCUT2D eigenvalue weighted by molar-refractivity contribution is 6.07. The fourth-order valence-corrected chi connectivity index (χ4v) is 3.50. The number of hydrogen-bond donors (Lipinski definition) is 0. The number of carbonyl (C=O) groups excluding carboxylic acids is 2. The predicted octanol–water partition coefficient (Wildman–Crippen LogP) is 2.75. The summed E-state index contributed by atoms with van der Waals surface area (Å²) in [4.78, 5) is 26.5. The van der Waals surface area contributed by atoms with Gasteiger partial charge in [0.1, 0.15) is 0 Å². The lowest BCUT2D eigenvalue weighted by Crippen LogP contribution is -2.35. The van der Waals surface area contributed by atoms with Crippen molar-refractivity contribution in [2.75, 3.05) is 0 Å². The molecule has 19 heavy (non-hydrogen) atoms. The molecule has 1 aromatic carbocycles. The number of likely N-dealkylation sites (tertiary alicyclic amines) is 1. The fourth-order valence-electron chi connectivity index (χ4n) is 3.50. The summed E-state index contributed by atoms with van der Waals surface area (Å²) in [6.45, 7) is 2.40. The van der Waals surface area contributed by atoms with Crippen LogP contribution in [-0.4, -0.2) is 16.7 Å². The molecule has 0 unspecified atom stereocenters. The lowest BCUT2D eigenvalue weighted by Gasteiger charge is -2.31. The van der Waals surface area contributed by atoms with Crippen LogP contribution in [0.5, 0.6) is 0 Å². The van der Waals surface area contributed by atoms with E-state index in [-0.39, 0.29) is 17.7 Å². The monoisotopic (exact) mass is 257 g/mol. The van der Waals surface area contributed by atoms with E-state index in [0.717, 1.165) is 31.2 Å². The molecule has 100 valence electrons. The Balaban J connectivity index is 1.87. The van der Waals surface area contributed by atoms with E-state index in [2.05, 4.69) is 0 Å². The normalized spacial score (nSPS) is 30.6. The van der Waals surface area contributed by atoms with E-state index in [9.17, 15) is 9.59 Å². The molecule has 1 aromatic rings. The summed E-state index contributed by atoms with van der Waals surface area (Å²) in [6, 6.07) is 9.75. The molecule has 1 saturated carbocycles. The van der Waals surface area contributed by atoms with Crippen LogP contribution in [-0.2, 0) is 16.1 Å². The number of imide groups is 1. The molecule has 3 rings (SSSR count). The van der Waals surface area contributed by atoms with Crippen molar-refractivity contribution in [2.24, 2.45) is 11.3 Å². The minimum atomic E-state index is -0.440. The number of hydrogen-bond acceptors (Lipinski definition) is 2. The second-order valence-electron chi connectivity index (χ2n) is 5.93. The first-order valence-electron chi connectivity index (χ1n) is 7.03. The van der Waals surface area contributed by atoms with Gasteiger partial charge < -0.3 is 0 Å². The van der Waals surface area contributed by atoms with Crippen molar-refractivity contribution in [3.05, 3.63) is 35.9 Å². The molecule has 0 spiro atoms. The van der Waals surface area contributed by atoms with Gasteiger partial charge in [-0.2, -0.15) is 0 Å². The zero-order valence-electron chi connectivity index (χ0n) is 11.3. The van der Waals surface area contributed by atoms with Gasteiger partial charge >= 0.3 is 0 Å². The Morgan fingerprint density at radius 2 is 1.95 bits per heavy atom. The highest BCUT2D eigenvalue weighted by Gasteiger charge is 2.56. The van der Waals surface area contributed by atoms with Gasteiger partial charge in [0.25, 0.3) is 0 Å². The Kier molecular flexibility index (Phi) is 2.92. The van der Waals surface area contributed by atoms with Gasteiger partial charge in [0, 0.05) is 0 Å². The predicted molar refractivity (Wildman–Crippen MR) is 72.1 cm³/mol. The highest BCUT2D eigenvalue weighted by Crippen LogP contribution is 2.48. The first kappa shape index (κ1) is 12.4. The molecule has 1 aliphatic carbocycles. The lowest BCUT2D eigenvalue weighted by atomic mass is 9.69. The van der Waals surface area contributed by atoms with Crippen molar-refractivity contribution in [2.45, 2.75) is 39.2 Å². The molecular weight excluding hydrogens is 238 g/mol. The molecule has 1 saturated heterocycles. The molecule has 2 amide bonds. The minimum absolute atomic E-state index is 0.0334. The van der Waals surface area contributed by atoms with E-state index in [1.165, 1.54) is 4.90 Å². The molecule has 0 bridgehead atoms. The Bertz CT molecular complexity index is 511. The zero-order chi connectivity index (χ0) is 13.5. The van der Waals surface area contributed by atoms with Crippen LogP contribution in [0.25, 0.3) is 0 Å². The zero-order valence-corrected chi connectivity index (χ0v) is 11.3. The second-order valence-corrected chi connectivity index (χ2v) is 5.93. The summed E-state index contributed by atoms with van der Waals surface area (Å²) in [5, 5.41) is 0. The molecule has 2 atom stereocenters. The van der Waals surface area contributed by atoms with Gasteiger partial charge in [-0.25, -0.2) is 0 Å². The molecule has 0 aromatic heterocycles. The van der Waals surface area contributed by atoms with Crippen LogP contribution >= 0.6 is 0 Å². The van der Waals surface area contributed by atoms with Gasteiger partial charge in [0.2, 0.25) is 11.8 Å². The average molecular weight is 257 g/mol. The second kappa shape index (κ2) is 4.48. The van der Waals surface area contributed by atoms with Gasteiger partial charge in [-0.3, -0.25) is 14.5 Å². The smallest absolute Gasteiger partial charge is 0.236 e. The average Bonchev–Trinajstić information content (AvgIpc) is 2.62. The number of nitrogens with zero attached hydrogens (tertiary/aromatic N) is 1. The molecular formula is C16H19NO2. The Hall–Kier alpha value is -1.64. The Morgan fingerprint density at radius 1 is 1.21 bits per heavy atom. The van der Waals surface area contributed by atoms with E-state index < -0.39 is 5.41 Å². The van der Waals surface area contributed by atoms with Crippen LogP contribution in [0.2, 0.25) is 0 Å². The lowest BCUT2D eigenvalue weighted by molar-refractivity contribution is -0.142. The summed E-state index contributed by atoms with van der Waals surface area (Å²) in [5.41, 5.74) is 0.579. The van der Waals surface area contributed by atoms with Crippen molar-refractivity contribution < 1.29 is 9.59 Å². The van der Waals surface area contributed by atoms with Crippen LogP contribution < -0.4 is 0 Å². The molecule has 2 aliphatic rings. The van der Waals surface area contributed by atoms with Gasteiger partial charge in [0.05, 0.1) is 17.9 Å². The molecule has 0 radical (unpaired) electrons. The summed E-state index contributed by atoms with van der Waals surface area (Å²) < 4.78 is 0. The van der Waals surface area contributed by atoms with Crippen molar-refractivity contribution in [3.63, 3.8) is 0 Å². The molecule has 1 heterocycles. The summed E-state index contributed by atoms with van der Waals surface area (Å²) in [6.07, 6.45) is 3.85. The maximum absolute atomic E-state index is 12.6. The van der Waals surface area contributed by atoms with Crippen LogP contribution in [0.4, 0.5) is 0 Å². The SMILES string of the molecule is C[C@@]12CCCC[C@@H]1C(=O)N(Cc1ccccc1)C2=O. The molecule has 3 heteroatoms. The summed E-state index contributed by atoms with van der Waals surface area (Å²) in [5.74, 6) is -0.0143. The van der Waals surface area contributed by atoms with E-state index in [4.69, 9.17) is 0 Å². The van der Waals surface area contributed by atoms with Crippen molar-refractivity contribution in [1.82, 2.24) is 4.90 Å². The maximum atomic E-state index is 12.6. The maximum Gasteiger partial charge on any atom is 0.236 e. The standard InChI is InChI=1S/C16H19NO2/c1-16-10-6-5-9-13(16)14(18)17(15(16)19)11-12-7-3-2-4-8-12/h2-4,7-8,13H,5-6,9-11H2,1H3/t13-,16-/m1/s1. The van der Waals surface area contributed by atoms with Crippen LogP contribution in [0.3, 0.4) is 0 Å². The highest BCUT2D eigenvalue weighted by atomic mass is 16.2. The summed E-state index contributed by atoms with van der Waals surface area (Å²) >= 11 is 0. The fraction of sp³-hybridized carbons (Fsp3) is 0.500. The van der Waals surface area contributed by atoms with E-state index >= 15 is 0 Å². The topological polar surface area (TPSA) is 37.4 Å². The first-order chi connectivity index (χ1) is 9.13. The van der Waals surface area contributed by atoms with Gasteiger partial charge in [-0.15, -0.1) is 0 Å². The molecule has 2 fully saturated rings. The number of fused-ring (bicyclic) bond motifs is 1. The quantitative estimate of drug-likeness (QED) is 0.764. The third-order valence-corrected chi connectivity index (χ3v) is 4.69. The summed E-state index contributed by atoms with van der Waals surface area (Å²) in [7, 11) is 0. The van der Waals surface area contributed by atoms with E-state index in [1.54, 1.807) is 0 Å². The largest absolute Gasteiger partial charge is 0.277 e.